The first kappa shape index (κ1) is 19.2. The Balaban J connectivity index is 1.59. The van der Waals surface area contributed by atoms with Crippen LogP contribution in [0.25, 0.3) is 11.4 Å². The van der Waals surface area contributed by atoms with E-state index >= 15 is 0 Å². The van der Waals surface area contributed by atoms with Gasteiger partial charge in [-0.2, -0.15) is 4.98 Å². The summed E-state index contributed by atoms with van der Waals surface area (Å²) in [4.78, 5) is 19.0. The first-order valence-electron chi connectivity index (χ1n) is 9.98. The number of para-hydroxylation sites is 1. The smallest absolute Gasteiger partial charge is 0.249 e. The quantitative estimate of drug-likeness (QED) is 0.613. The molecule has 0 saturated carbocycles. The predicted molar refractivity (Wildman–Crippen MR) is 109 cm³/mol. The van der Waals surface area contributed by atoms with E-state index in [1.165, 1.54) is 11.1 Å². The highest BCUT2D eigenvalue weighted by molar-refractivity contribution is 5.79. The molecule has 0 bridgehead atoms. The highest BCUT2D eigenvalue weighted by Gasteiger charge is 2.36. The number of benzene rings is 2. The number of likely N-dealkylation sites (tertiary alicyclic amines) is 1. The molecule has 1 aliphatic heterocycles. The lowest BCUT2D eigenvalue weighted by molar-refractivity contribution is -0.129. The van der Waals surface area contributed by atoms with Gasteiger partial charge in [-0.25, -0.2) is 0 Å². The van der Waals surface area contributed by atoms with Gasteiger partial charge in [0.15, 0.2) is 0 Å². The van der Waals surface area contributed by atoms with Crippen LogP contribution in [0.1, 0.15) is 48.4 Å². The Morgan fingerprint density at radius 2 is 2.00 bits per heavy atom. The molecule has 1 atom stereocenters. The third-order valence-corrected chi connectivity index (χ3v) is 5.41. The van der Waals surface area contributed by atoms with E-state index in [-0.39, 0.29) is 11.9 Å². The Labute approximate surface area is 170 Å². The van der Waals surface area contributed by atoms with Gasteiger partial charge < -0.3 is 14.2 Å². The third-order valence-electron chi connectivity index (χ3n) is 5.41. The Kier molecular flexibility index (Phi) is 5.34. The first-order valence-corrected chi connectivity index (χ1v) is 9.98. The summed E-state index contributed by atoms with van der Waals surface area (Å²) >= 11 is 0. The number of ether oxygens (including phenoxy) is 1. The van der Waals surface area contributed by atoms with Gasteiger partial charge >= 0.3 is 0 Å². The second-order valence-electron chi connectivity index (χ2n) is 7.38. The zero-order valence-electron chi connectivity index (χ0n) is 17.0. The minimum atomic E-state index is -0.204. The van der Waals surface area contributed by atoms with Crippen LogP contribution in [-0.2, 0) is 11.3 Å². The Hall–Kier alpha value is -3.15. The second-order valence-corrected chi connectivity index (χ2v) is 7.38. The molecular weight excluding hydrogens is 366 g/mol. The predicted octanol–water partition coefficient (Wildman–Crippen LogP) is 4.62. The van der Waals surface area contributed by atoms with E-state index in [4.69, 9.17) is 9.26 Å². The summed E-state index contributed by atoms with van der Waals surface area (Å²) in [6, 6.07) is 13.7. The maximum absolute atomic E-state index is 12.5. The minimum Gasteiger partial charge on any atom is -0.493 e. The number of hydrogen-bond donors (Lipinski definition) is 0. The average Bonchev–Trinajstić information content (AvgIpc) is 3.33. The lowest BCUT2D eigenvalue weighted by atomic mass is 10.1. The normalized spacial score (nSPS) is 16.4. The fraction of sp³-hybridized carbons (Fsp3) is 0.348. The van der Waals surface area contributed by atoms with Gasteiger partial charge in [-0.3, -0.25) is 4.79 Å². The standard InChI is InChI=1S/C23H25N3O3/c1-4-28-20-8-6-5-7-18(20)22-24-23(29-25-22)19-11-12-21(27)26(19)14-17-10-9-15(2)16(3)13-17/h5-10,13,19H,4,11-12,14H2,1-3H3. The van der Waals surface area contributed by atoms with Gasteiger partial charge in [-0.05, 0) is 56.0 Å². The summed E-state index contributed by atoms with van der Waals surface area (Å²) in [5.41, 5.74) is 4.36. The van der Waals surface area contributed by atoms with Crippen molar-refractivity contribution in [3.05, 3.63) is 65.0 Å². The van der Waals surface area contributed by atoms with Gasteiger partial charge in [0, 0.05) is 13.0 Å². The van der Waals surface area contributed by atoms with Crippen molar-refractivity contribution in [1.82, 2.24) is 15.0 Å². The molecule has 1 amide bonds. The molecule has 0 spiro atoms. The number of carbonyl (C=O) groups excluding carboxylic acids is 1. The zero-order chi connectivity index (χ0) is 20.4. The first-order chi connectivity index (χ1) is 14.1. The molecule has 6 nitrogen and oxygen atoms in total. The van der Waals surface area contributed by atoms with Gasteiger partial charge in [0.2, 0.25) is 17.6 Å². The zero-order valence-corrected chi connectivity index (χ0v) is 17.0. The lowest BCUT2D eigenvalue weighted by Crippen LogP contribution is -2.27. The molecule has 1 aliphatic rings. The van der Waals surface area contributed by atoms with E-state index < -0.39 is 0 Å². The largest absolute Gasteiger partial charge is 0.493 e. The number of nitrogens with zero attached hydrogens (tertiary/aromatic N) is 3. The summed E-state index contributed by atoms with van der Waals surface area (Å²) in [6.45, 7) is 7.21. The molecule has 6 heteroatoms. The van der Waals surface area contributed by atoms with Crippen LogP contribution < -0.4 is 4.74 Å². The molecular formula is C23H25N3O3. The number of aryl methyl sites for hydroxylation is 2. The van der Waals surface area contributed by atoms with Crippen molar-refractivity contribution in [2.75, 3.05) is 6.61 Å². The van der Waals surface area contributed by atoms with Crippen molar-refractivity contribution in [1.29, 1.82) is 0 Å². The molecule has 2 heterocycles. The number of rotatable bonds is 6. The highest BCUT2D eigenvalue weighted by atomic mass is 16.5. The minimum absolute atomic E-state index is 0.114. The van der Waals surface area contributed by atoms with E-state index in [1.807, 2.05) is 36.1 Å². The molecule has 150 valence electrons. The van der Waals surface area contributed by atoms with Gasteiger partial charge in [0.1, 0.15) is 11.8 Å². The van der Waals surface area contributed by atoms with Crippen LogP contribution in [-0.4, -0.2) is 27.6 Å². The van der Waals surface area contributed by atoms with Crippen molar-refractivity contribution >= 4 is 5.91 Å². The summed E-state index contributed by atoms with van der Waals surface area (Å²) in [5.74, 6) is 1.79. The third kappa shape index (κ3) is 3.88. The van der Waals surface area contributed by atoms with Crippen molar-refractivity contribution < 1.29 is 14.1 Å². The molecule has 2 aromatic carbocycles. The molecule has 1 aromatic heterocycles. The topological polar surface area (TPSA) is 68.5 Å². The molecule has 1 saturated heterocycles. The van der Waals surface area contributed by atoms with Crippen molar-refractivity contribution in [2.24, 2.45) is 0 Å². The van der Waals surface area contributed by atoms with Crippen molar-refractivity contribution in [2.45, 2.75) is 46.2 Å². The van der Waals surface area contributed by atoms with Gasteiger partial charge in [-0.15, -0.1) is 0 Å². The maximum Gasteiger partial charge on any atom is 0.249 e. The SMILES string of the molecule is CCOc1ccccc1-c1noc(C2CCC(=O)N2Cc2ccc(C)c(C)c2)n1. The van der Waals surface area contributed by atoms with Gasteiger partial charge in [0.25, 0.3) is 0 Å². The Morgan fingerprint density at radius 3 is 2.79 bits per heavy atom. The van der Waals surface area contributed by atoms with E-state index in [1.54, 1.807) is 0 Å². The Bertz CT molecular complexity index is 1030. The maximum atomic E-state index is 12.5. The number of aromatic nitrogens is 2. The van der Waals surface area contributed by atoms with Crippen LogP contribution >= 0.6 is 0 Å². The van der Waals surface area contributed by atoms with E-state index in [2.05, 4.69) is 42.2 Å². The van der Waals surface area contributed by atoms with Crippen LogP contribution in [0.4, 0.5) is 0 Å². The van der Waals surface area contributed by atoms with Crippen LogP contribution in [0.3, 0.4) is 0 Å². The van der Waals surface area contributed by atoms with Gasteiger partial charge in [-0.1, -0.05) is 35.5 Å². The molecule has 4 rings (SSSR count). The molecule has 0 N–H and O–H groups in total. The fourth-order valence-electron chi connectivity index (χ4n) is 3.70. The Morgan fingerprint density at radius 1 is 1.17 bits per heavy atom. The van der Waals surface area contributed by atoms with Crippen molar-refractivity contribution in [3.63, 3.8) is 0 Å². The fourth-order valence-corrected chi connectivity index (χ4v) is 3.70. The highest BCUT2D eigenvalue weighted by Crippen LogP contribution is 2.35. The second kappa shape index (κ2) is 8.07. The number of carbonyl (C=O) groups is 1. The molecule has 1 unspecified atom stereocenters. The molecule has 3 aromatic rings. The number of hydrogen-bond acceptors (Lipinski definition) is 5. The van der Waals surface area contributed by atoms with Crippen LogP contribution in [0.15, 0.2) is 47.0 Å². The van der Waals surface area contributed by atoms with E-state index in [0.717, 1.165) is 16.9 Å². The number of amides is 1. The summed E-state index contributed by atoms with van der Waals surface area (Å²) in [6.07, 6.45) is 1.17. The average molecular weight is 391 g/mol. The molecule has 1 fully saturated rings. The van der Waals surface area contributed by atoms with Crippen molar-refractivity contribution in [3.8, 4) is 17.1 Å². The lowest BCUT2D eigenvalue weighted by Gasteiger charge is -2.22. The molecule has 0 aliphatic carbocycles. The van der Waals surface area contributed by atoms with Gasteiger partial charge in [0.05, 0.1) is 12.2 Å². The van der Waals surface area contributed by atoms with E-state index in [0.29, 0.717) is 37.7 Å². The summed E-state index contributed by atoms with van der Waals surface area (Å²) in [5, 5.41) is 4.16. The van der Waals surface area contributed by atoms with Crippen LogP contribution in [0, 0.1) is 13.8 Å². The summed E-state index contributed by atoms with van der Waals surface area (Å²) < 4.78 is 11.3. The van der Waals surface area contributed by atoms with Crippen LogP contribution in [0.5, 0.6) is 5.75 Å². The molecule has 0 radical (unpaired) electrons. The van der Waals surface area contributed by atoms with E-state index in [9.17, 15) is 4.79 Å². The molecule has 29 heavy (non-hydrogen) atoms. The monoisotopic (exact) mass is 391 g/mol. The summed E-state index contributed by atoms with van der Waals surface area (Å²) in [7, 11) is 0. The van der Waals surface area contributed by atoms with Crippen LogP contribution in [0.2, 0.25) is 0 Å².